The summed E-state index contributed by atoms with van der Waals surface area (Å²) >= 11 is 0. The van der Waals surface area contributed by atoms with Gasteiger partial charge in [0, 0.05) is 23.3 Å². The molecule has 0 unspecified atom stereocenters. The Hall–Kier alpha value is -3.00. The highest BCUT2D eigenvalue weighted by Gasteiger charge is 2.26. The molecule has 0 fully saturated rings. The minimum atomic E-state index is -0.454. The fraction of sp³-hybridized carbons (Fsp3) is 0.278. The van der Waals surface area contributed by atoms with Crippen LogP contribution in [-0.4, -0.2) is 38.6 Å². The van der Waals surface area contributed by atoms with Crippen LogP contribution < -0.4 is 9.47 Å². The molecule has 1 N–H and O–H groups in total. The number of hydrogen-bond donors (Lipinski definition) is 1. The predicted molar refractivity (Wildman–Crippen MR) is 93.0 cm³/mol. The second-order valence-corrected chi connectivity index (χ2v) is 6.00. The monoisotopic (exact) mass is 356 g/mol. The zero-order valence-corrected chi connectivity index (χ0v) is 14.4. The average molecular weight is 356 g/mol. The maximum Gasteiger partial charge on any atom is 0.247 e. The van der Waals surface area contributed by atoms with Gasteiger partial charge in [-0.2, -0.15) is 10.1 Å². The van der Waals surface area contributed by atoms with Crippen molar-refractivity contribution in [3.05, 3.63) is 53.1 Å². The SMILES string of the molecule is CC1=CC2=C(F)C(Oc3ncnn4cc(OCCO)c(C)c34)=CCC2=N1. The van der Waals surface area contributed by atoms with E-state index in [4.69, 9.17) is 14.6 Å². The van der Waals surface area contributed by atoms with E-state index in [1.165, 1.54) is 6.33 Å². The van der Waals surface area contributed by atoms with Crippen LogP contribution in [0, 0.1) is 6.92 Å². The minimum Gasteiger partial charge on any atom is -0.489 e. The van der Waals surface area contributed by atoms with Crippen molar-refractivity contribution in [1.29, 1.82) is 0 Å². The van der Waals surface area contributed by atoms with Crippen LogP contribution in [-0.2, 0) is 0 Å². The quantitative estimate of drug-likeness (QED) is 0.891. The Bertz CT molecular complexity index is 1020. The van der Waals surface area contributed by atoms with Crippen LogP contribution in [0.5, 0.6) is 11.6 Å². The molecule has 0 radical (unpaired) electrons. The number of aromatic nitrogens is 3. The summed E-state index contributed by atoms with van der Waals surface area (Å²) in [6.07, 6.45) is 6.87. The first-order valence-electron chi connectivity index (χ1n) is 8.19. The molecular weight excluding hydrogens is 339 g/mol. The Morgan fingerprint density at radius 2 is 2.19 bits per heavy atom. The summed E-state index contributed by atoms with van der Waals surface area (Å²) in [4.78, 5) is 8.47. The summed E-state index contributed by atoms with van der Waals surface area (Å²) in [6, 6.07) is 0. The number of nitrogens with zero attached hydrogens (tertiary/aromatic N) is 4. The third-order valence-electron chi connectivity index (χ3n) is 4.21. The summed E-state index contributed by atoms with van der Waals surface area (Å²) in [5, 5.41) is 13.1. The Kier molecular flexibility index (Phi) is 4.04. The van der Waals surface area contributed by atoms with Crippen LogP contribution in [0.4, 0.5) is 4.39 Å². The Morgan fingerprint density at radius 1 is 1.35 bits per heavy atom. The van der Waals surface area contributed by atoms with Crippen LogP contribution >= 0.6 is 0 Å². The van der Waals surface area contributed by atoms with E-state index in [1.54, 1.807) is 22.9 Å². The van der Waals surface area contributed by atoms with Crippen LogP contribution in [0.25, 0.3) is 5.52 Å². The van der Waals surface area contributed by atoms with E-state index in [-0.39, 0.29) is 24.9 Å². The van der Waals surface area contributed by atoms with E-state index >= 15 is 0 Å². The van der Waals surface area contributed by atoms with Gasteiger partial charge in [-0.3, -0.25) is 4.99 Å². The van der Waals surface area contributed by atoms with Crippen molar-refractivity contribution in [2.45, 2.75) is 20.3 Å². The molecule has 2 aromatic heterocycles. The van der Waals surface area contributed by atoms with Gasteiger partial charge in [0.15, 0.2) is 11.6 Å². The number of aliphatic imine (C=N–C) groups is 1. The third-order valence-corrected chi connectivity index (χ3v) is 4.21. The molecule has 0 spiro atoms. The van der Waals surface area contributed by atoms with Gasteiger partial charge in [-0.05, 0) is 26.0 Å². The van der Waals surface area contributed by atoms with E-state index in [1.807, 2.05) is 13.8 Å². The van der Waals surface area contributed by atoms with Gasteiger partial charge in [0.1, 0.15) is 24.2 Å². The largest absolute Gasteiger partial charge is 0.489 e. The van der Waals surface area contributed by atoms with Gasteiger partial charge in [0.05, 0.1) is 18.5 Å². The fourth-order valence-electron chi connectivity index (χ4n) is 3.03. The number of halogens is 1. The minimum absolute atomic E-state index is 0.0941. The molecule has 3 heterocycles. The molecule has 2 aliphatic rings. The maximum atomic E-state index is 14.8. The topological polar surface area (TPSA) is 81.2 Å². The molecule has 1 aliphatic carbocycles. The predicted octanol–water partition coefficient (Wildman–Crippen LogP) is 2.66. The van der Waals surface area contributed by atoms with Gasteiger partial charge in [-0.1, -0.05) is 0 Å². The molecule has 8 heteroatoms. The lowest BCUT2D eigenvalue weighted by Gasteiger charge is -2.15. The van der Waals surface area contributed by atoms with Crippen molar-refractivity contribution in [3.8, 4) is 11.6 Å². The van der Waals surface area contributed by atoms with Gasteiger partial charge in [0.25, 0.3) is 0 Å². The van der Waals surface area contributed by atoms with Crippen LogP contribution in [0.2, 0.25) is 0 Å². The summed E-state index contributed by atoms with van der Waals surface area (Å²) < 4.78 is 27.6. The van der Waals surface area contributed by atoms with Crippen LogP contribution in [0.3, 0.4) is 0 Å². The highest BCUT2D eigenvalue weighted by molar-refractivity contribution is 6.08. The number of hydrogen-bond acceptors (Lipinski definition) is 6. The van der Waals surface area contributed by atoms with Gasteiger partial charge in [-0.15, -0.1) is 0 Å². The zero-order chi connectivity index (χ0) is 18.3. The number of aliphatic hydroxyl groups is 1. The van der Waals surface area contributed by atoms with E-state index in [2.05, 4.69) is 15.1 Å². The Morgan fingerprint density at radius 3 is 3.00 bits per heavy atom. The first-order chi connectivity index (χ1) is 12.6. The molecule has 0 aromatic carbocycles. The molecule has 134 valence electrons. The summed E-state index contributed by atoms with van der Waals surface area (Å²) in [5.74, 6) is 0.454. The van der Waals surface area contributed by atoms with Gasteiger partial charge in [-0.25, -0.2) is 8.91 Å². The highest BCUT2D eigenvalue weighted by Crippen LogP contribution is 2.35. The Balaban J connectivity index is 1.70. The average Bonchev–Trinajstić information content (AvgIpc) is 3.16. The molecule has 2 aromatic rings. The molecule has 0 atom stereocenters. The standard InChI is InChI=1S/C18H17FN4O3/c1-10-7-12-13(22-10)3-4-14(16(12)19)26-18-17-11(2)15(25-6-5-24)8-23(17)21-9-20-18/h4,7-9,24H,3,5-6H2,1-2H3. The molecular formula is C18H17FN4O3. The van der Waals surface area contributed by atoms with Gasteiger partial charge < -0.3 is 14.6 Å². The molecule has 1 aliphatic heterocycles. The molecule has 26 heavy (non-hydrogen) atoms. The second kappa shape index (κ2) is 6.38. The van der Waals surface area contributed by atoms with Crippen LogP contribution in [0.15, 0.2) is 52.5 Å². The Labute approximate surface area is 148 Å². The van der Waals surface area contributed by atoms with Crippen LogP contribution in [0.1, 0.15) is 18.9 Å². The first kappa shape index (κ1) is 16.5. The van der Waals surface area contributed by atoms with Gasteiger partial charge in [0.2, 0.25) is 5.88 Å². The van der Waals surface area contributed by atoms with E-state index in [0.717, 1.165) is 11.3 Å². The lowest BCUT2D eigenvalue weighted by molar-refractivity contribution is 0.201. The summed E-state index contributed by atoms with van der Waals surface area (Å²) in [7, 11) is 0. The lowest BCUT2D eigenvalue weighted by atomic mass is 10.0. The van der Waals surface area contributed by atoms with Crippen molar-refractivity contribution in [2.24, 2.45) is 4.99 Å². The zero-order valence-electron chi connectivity index (χ0n) is 14.4. The van der Waals surface area contributed by atoms with Crippen molar-refractivity contribution in [1.82, 2.24) is 14.6 Å². The normalized spacial score (nSPS) is 16.4. The number of rotatable bonds is 5. The van der Waals surface area contributed by atoms with Crippen molar-refractivity contribution < 1.29 is 19.0 Å². The summed E-state index contributed by atoms with van der Waals surface area (Å²) in [6.45, 7) is 3.73. The molecule has 4 rings (SSSR count). The fourth-order valence-corrected chi connectivity index (χ4v) is 3.03. The molecule has 0 bridgehead atoms. The number of allylic oxidation sites excluding steroid dienone is 5. The van der Waals surface area contributed by atoms with Crippen molar-refractivity contribution in [3.63, 3.8) is 0 Å². The number of aliphatic hydroxyl groups excluding tert-OH is 1. The molecule has 0 saturated carbocycles. The van der Waals surface area contributed by atoms with E-state index in [0.29, 0.717) is 29.0 Å². The van der Waals surface area contributed by atoms with E-state index in [9.17, 15) is 4.39 Å². The smallest absolute Gasteiger partial charge is 0.247 e. The number of fused-ring (bicyclic) bond motifs is 2. The van der Waals surface area contributed by atoms with E-state index < -0.39 is 5.83 Å². The molecule has 0 saturated heterocycles. The van der Waals surface area contributed by atoms with Gasteiger partial charge >= 0.3 is 0 Å². The van der Waals surface area contributed by atoms with Crippen molar-refractivity contribution >= 4 is 11.2 Å². The molecule has 0 amide bonds. The second-order valence-electron chi connectivity index (χ2n) is 6.00. The third kappa shape index (κ3) is 2.68. The maximum absolute atomic E-state index is 14.8. The lowest BCUT2D eigenvalue weighted by Crippen LogP contribution is -2.11. The first-order valence-corrected chi connectivity index (χ1v) is 8.19. The number of ether oxygens (including phenoxy) is 2. The molecule has 7 nitrogen and oxygen atoms in total. The highest BCUT2D eigenvalue weighted by atomic mass is 19.1. The number of aryl methyl sites for hydroxylation is 1. The van der Waals surface area contributed by atoms with Crippen molar-refractivity contribution in [2.75, 3.05) is 13.2 Å². The summed E-state index contributed by atoms with van der Waals surface area (Å²) in [5.41, 5.74) is 3.27.